The monoisotopic (exact) mass is 244 g/mol. The summed E-state index contributed by atoms with van der Waals surface area (Å²) < 4.78 is 10.6. The number of aromatic nitrogens is 1. The summed E-state index contributed by atoms with van der Waals surface area (Å²) in [7, 11) is 1.74. The van der Waals surface area contributed by atoms with E-state index in [0.29, 0.717) is 11.5 Å². The molecule has 5 heteroatoms. The SMILES string of the molecule is Cc1cc(-c2ccc3c(c2)N(C)C(=O)CO3)on1. The van der Waals surface area contributed by atoms with E-state index in [1.54, 1.807) is 11.9 Å². The van der Waals surface area contributed by atoms with Gasteiger partial charge >= 0.3 is 0 Å². The van der Waals surface area contributed by atoms with Gasteiger partial charge in [0.15, 0.2) is 12.4 Å². The van der Waals surface area contributed by atoms with E-state index in [2.05, 4.69) is 5.16 Å². The van der Waals surface area contributed by atoms with Crippen molar-refractivity contribution in [1.82, 2.24) is 5.16 Å². The molecule has 1 amide bonds. The highest BCUT2D eigenvalue weighted by Gasteiger charge is 2.22. The summed E-state index contributed by atoms with van der Waals surface area (Å²) in [6.07, 6.45) is 0. The largest absolute Gasteiger partial charge is 0.482 e. The molecule has 1 aliphatic rings. The average Bonchev–Trinajstić information content (AvgIpc) is 2.80. The van der Waals surface area contributed by atoms with Crippen molar-refractivity contribution in [2.24, 2.45) is 0 Å². The normalized spacial score (nSPS) is 14.3. The van der Waals surface area contributed by atoms with Crippen molar-refractivity contribution in [3.63, 3.8) is 0 Å². The summed E-state index contributed by atoms with van der Waals surface area (Å²) in [6, 6.07) is 7.45. The molecular formula is C13H12N2O3. The van der Waals surface area contributed by atoms with Gasteiger partial charge in [0.1, 0.15) is 5.75 Å². The van der Waals surface area contributed by atoms with Gasteiger partial charge in [0.05, 0.1) is 11.4 Å². The highest BCUT2D eigenvalue weighted by Crippen LogP contribution is 2.35. The maximum atomic E-state index is 11.6. The van der Waals surface area contributed by atoms with Crippen LogP contribution in [-0.4, -0.2) is 24.7 Å². The fourth-order valence-electron chi connectivity index (χ4n) is 1.93. The lowest BCUT2D eigenvalue weighted by Gasteiger charge is -2.26. The number of fused-ring (bicyclic) bond motifs is 1. The number of hydrogen-bond acceptors (Lipinski definition) is 4. The maximum absolute atomic E-state index is 11.6. The van der Waals surface area contributed by atoms with E-state index in [9.17, 15) is 4.79 Å². The van der Waals surface area contributed by atoms with Gasteiger partial charge in [-0.2, -0.15) is 0 Å². The Hall–Kier alpha value is -2.30. The third-order valence-electron chi connectivity index (χ3n) is 2.96. The summed E-state index contributed by atoms with van der Waals surface area (Å²) >= 11 is 0. The number of nitrogens with zero attached hydrogens (tertiary/aromatic N) is 2. The van der Waals surface area contributed by atoms with Crippen LogP contribution in [0, 0.1) is 6.92 Å². The lowest BCUT2D eigenvalue weighted by atomic mass is 10.1. The van der Waals surface area contributed by atoms with Crippen molar-refractivity contribution in [2.75, 3.05) is 18.6 Å². The number of carbonyl (C=O) groups is 1. The van der Waals surface area contributed by atoms with Crippen molar-refractivity contribution >= 4 is 11.6 Å². The zero-order valence-electron chi connectivity index (χ0n) is 10.1. The molecule has 1 aromatic carbocycles. The van der Waals surface area contributed by atoms with E-state index >= 15 is 0 Å². The molecule has 0 unspecified atom stereocenters. The maximum Gasteiger partial charge on any atom is 0.264 e. The van der Waals surface area contributed by atoms with Crippen molar-refractivity contribution < 1.29 is 14.1 Å². The molecule has 18 heavy (non-hydrogen) atoms. The fraction of sp³-hybridized carbons (Fsp3) is 0.231. The van der Waals surface area contributed by atoms with Crippen LogP contribution in [0.3, 0.4) is 0 Å². The number of benzene rings is 1. The number of rotatable bonds is 1. The minimum Gasteiger partial charge on any atom is -0.482 e. The first-order chi connectivity index (χ1) is 8.65. The third-order valence-corrected chi connectivity index (χ3v) is 2.96. The van der Waals surface area contributed by atoms with Crippen LogP contribution in [0.5, 0.6) is 5.75 Å². The molecule has 0 fully saturated rings. The van der Waals surface area contributed by atoms with Crippen LogP contribution in [0.2, 0.25) is 0 Å². The van der Waals surface area contributed by atoms with Gasteiger partial charge in [-0.15, -0.1) is 0 Å². The summed E-state index contributed by atoms with van der Waals surface area (Å²) in [4.78, 5) is 13.2. The van der Waals surface area contributed by atoms with Crippen molar-refractivity contribution in [3.05, 3.63) is 30.0 Å². The Morgan fingerprint density at radius 3 is 2.89 bits per heavy atom. The van der Waals surface area contributed by atoms with Gasteiger partial charge in [0.25, 0.3) is 5.91 Å². The smallest absolute Gasteiger partial charge is 0.264 e. The molecule has 0 bridgehead atoms. The molecule has 0 atom stereocenters. The van der Waals surface area contributed by atoms with Gasteiger partial charge in [-0.1, -0.05) is 5.16 Å². The molecule has 1 aliphatic heterocycles. The topological polar surface area (TPSA) is 55.6 Å². The van der Waals surface area contributed by atoms with E-state index in [1.807, 2.05) is 31.2 Å². The standard InChI is InChI=1S/C13H12N2O3/c1-8-5-12(18-14-8)9-3-4-11-10(6-9)15(2)13(16)7-17-11/h3-6H,7H2,1-2H3. The molecular weight excluding hydrogens is 232 g/mol. The van der Waals surface area contributed by atoms with Crippen molar-refractivity contribution in [2.45, 2.75) is 6.92 Å². The molecule has 5 nitrogen and oxygen atoms in total. The summed E-state index contributed by atoms with van der Waals surface area (Å²) in [5, 5.41) is 3.85. The number of likely N-dealkylation sites (N-methyl/N-ethyl adjacent to an activating group) is 1. The molecule has 3 rings (SSSR count). The van der Waals surface area contributed by atoms with Gasteiger partial charge in [0, 0.05) is 18.7 Å². The molecule has 0 saturated carbocycles. The van der Waals surface area contributed by atoms with Crippen molar-refractivity contribution in [3.8, 4) is 17.1 Å². The van der Waals surface area contributed by atoms with Crippen LogP contribution in [0.1, 0.15) is 5.69 Å². The predicted octanol–water partition coefficient (Wildman–Crippen LogP) is 2.01. The Bertz CT molecular complexity index is 618. The lowest BCUT2D eigenvalue weighted by Crippen LogP contribution is -2.35. The summed E-state index contributed by atoms with van der Waals surface area (Å²) in [5.74, 6) is 1.33. The quantitative estimate of drug-likeness (QED) is 0.770. The highest BCUT2D eigenvalue weighted by atomic mass is 16.5. The zero-order chi connectivity index (χ0) is 12.7. The number of amides is 1. The molecule has 1 aromatic heterocycles. The number of ether oxygens (including phenoxy) is 1. The predicted molar refractivity (Wildman–Crippen MR) is 65.6 cm³/mol. The first-order valence-electron chi connectivity index (χ1n) is 5.62. The molecule has 0 N–H and O–H groups in total. The van der Waals surface area contributed by atoms with E-state index in [-0.39, 0.29) is 12.5 Å². The molecule has 2 aromatic rings. The molecule has 0 radical (unpaired) electrons. The van der Waals surface area contributed by atoms with Crippen LogP contribution < -0.4 is 9.64 Å². The Morgan fingerprint density at radius 1 is 1.33 bits per heavy atom. The van der Waals surface area contributed by atoms with Crippen molar-refractivity contribution in [1.29, 1.82) is 0 Å². The number of aryl methyl sites for hydroxylation is 1. The van der Waals surface area contributed by atoms with E-state index in [4.69, 9.17) is 9.26 Å². The molecule has 92 valence electrons. The first kappa shape index (κ1) is 10.8. The number of carbonyl (C=O) groups excluding carboxylic acids is 1. The van der Waals surface area contributed by atoms with Crippen LogP contribution in [0.15, 0.2) is 28.8 Å². The molecule has 2 heterocycles. The highest BCUT2D eigenvalue weighted by molar-refractivity contribution is 5.98. The van der Waals surface area contributed by atoms with Crippen LogP contribution in [0.25, 0.3) is 11.3 Å². The number of hydrogen-bond donors (Lipinski definition) is 0. The average molecular weight is 244 g/mol. The van der Waals surface area contributed by atoms with Crippen LogP contribution >= 0.6 is 0 Å². The first-order valence-corrected chi connectivity index (χ1v) is 5.62. The zero-order valence-corrected chi connectivity index (χ0v) is 10.1. The number of anilines is 1. The fourth-order valence-corrected chi connectivity index (χ4v) is 1.93. The van der Waals surface area contributed by atoms with E-state index < -0.39 is 0 Å². The van der Waals surface area contributed by atoms with Gasteiger partial charge in [-0.25, -0.2) is 0 Å². The molecule has 0 saturated heterocycles. The Balaban J connectivity index is 2.07. The minimum absolute atomic E-state index is 0.0617. The van der Waals surface area contributed by atoms with Gasteiger partial charge in [0.2, 0.25) is 0 Å². The Kier molecular flexibility index (Phi) is 2.33. The third kappa shape index (κ3) is 1.64. The van der Waals surface area contributed by atoms with Gasteiger partial charge in [-0.3, -0.25) is 4.79 Å². The Morgan fingerprint density at radius 2 is 2.17 bits per heavy atom. The van der Waals surface area contributed by atoms with E-state index in [0.717, 1.165) is 16.9 Å². The lowest BCUT2D eigenvalue weighted by molar-refractivity contribution is -0.120. The van der Waals surface area contributed by atoms with Gasteiger partial charge < -0.3 is 14.2 Å². The second-order valence-electron chi connectivity index (χ2n) is 4.26. The second-order valence-corrected chi connectivity index (χ2v) is 4.26. The second kappa shape index (κ2) is 3.87. The summed E-state index contributed by atoms with van der Waals surface area (Å²) in [5.41, 5.74) is 2.45. The molecule has 0 aliphatic carbocycles. The van der Waals surface area contributed by atoms with E-state index in [1.165, 1.54) is 0 Å². The van der Waals surface area contributed by atoms with Crippen LogP contribution in [-0.2, 0) is 4.79 Å². The minimum atomic E-state index is -0.0617. The van der Waals surface area contributed by atoms with Crippen LogP contribution in [0.4, 0.5) is 5.69 Å². The summed E-state index contributed by atoms with van der Waals surface area (Å²) in [6.45, 7) is 1.95. The molecule has 0 spiro atoms. The van der Waals surface area contributed by atoms with Gasteiger partial charge in [-0.05, 0) is 25.1 Å². The Labute approximate surface area is 104 Å².